The van der Waals surface area contributed by atoms with Gasteiger partial charge in [0, 0.05) is 68.0 Å². The number of amides is 1. The Morgan fingerprint density at radius 1 is 1.04 bits per heavy atom. The maximum Gasteiger partial charge on any atom is 0.250 e. The Bertz CT molecular complexity index is 1790. The SMILES string of the molecule is C[C@H]1CCN(c2cc(N3CCN(CC4=C(c5ccc(Cl)cc5)CC(C)(C)CC4)CC3)ccc2C(N)=O)c2cc3cc[nH]c3nc2O1. The summed E-state index contributed by atoms with van der Waals surface area (Å²) in [4.78, 5) is 27.9. The number of rotatable bonds is 6. The average molecular weight is 639 g/mol. The summed E-state index contributed by atoms with van der Waals surface area (Å²) in [6, 6.07) is 18.5. The van der Waals surface area contributed by atoms with Gasteiger partial charge in [-0.2, -0.15) is 4.98 Å². The molecule has 7 rings (SSSR count). The third kappa shape index (κ3) is 6.20. The van der Waals surface area contributed by atoms with Gasteiger partial charge in [-0.3, -0.25) is 9.69 Å². The van der Waals surface area contributed by atoms with Crippen LogP contribution in [0.5, 0.6) is 5.88 Å². The van der Waals surface area contributed by atoms with Crippen LogP contribution in [0.2, 0.25) is 5.02 Å². The Labute approximate surface area is 276 Å². The van der Waals surface area contributed by atoms with Crippen LogP contribution in [0.15, 0.2) is 66.4 Å². The number of allylic oxidation sites excluding steroid dienone is 1. The Morgan fingerprint density at radius 2 is 1.83 bits per heavy atom. The van der Waals surface area contributed by atoms with Crippen molar-refractivity contribution in [2.45, 2.75) is 52.6 Å². The van der Waals surface area contributed by atoms with Crippen LogP contribution in [0.25, 0.3) is 16.6 Å². The first-order chi connectivity index (χ1) is 22.1. The lowest BCUT2D eigenvalue weighted by Crippen LogP contribution is -2.47. The molecule has 1 aliphatic carbocycles. The van der Waals surface area contributed by atoms with Gasteiger partial charge in [0.2, 0.25) is 5.88 Å². The van der Waals surface area contributed by atoms with Gasteiger partial charge in [-0.15, -0.1) is 0 Å². The third-order valence-electron chi connectivity index (χ3n) is 9.91. The molecule has 1 atom stereocenters. The molecule has 1 saturated heterocycles. The molecule has 2 aromatic heterocycles. The smallest absolute Gasteiger partial charge is 0.250 e. The number of H-pyrrole nitrogens is 1. The highest BCUT2D eigenvalue weighted by molar-refractivity contribution is 6.30. The first kappa shape index (κ1) is 30.6. The van der Waals surface area contributed by atoms with Crippen molar-refractivity contribution in [1.82, 2.24) is 14.9 Å². The quantitative estimate of drug-likeness (QED) is 0.229. The second kappa shape index (κ2) is 12.3. The number of hydrogen-bond acceptors (Lipinski definition) is 6. The topological polar surface area (TPSA) is 90.7 Å². The van der Waals surface area contributed by atoms with Gasteiger partial charge in [-0.05, 0) is 85.2 Å². The van der Waals surface area contributed by atoms with E-state index in [1.807, 2.05) is 36.5 Å². The predicted octanol–water partition coefficient (Wildman–Crippen LogP) is 7.41. The van der Waals surface area contributed by atoms with Gasteiger partial charge in [0.05, 0.1) is 17.4 Å². The van der Waals surface area contributed by atoms with Crippen molar-refractivity contribution in [3.05, 3.63) is 82.5 Å². The zero-order valence-electron chi connectivity index (χ0n) is 27.0. The number of anilines is 3. The van der Waals surface area contributed by atoms with Gasteiger partial charge < -0.3 is 25.3 Å². The van der Waals surface area contributed by atoms with Crippen molar-refractivity contribution in [2.24, 2.45) is 11.1 Å². The number of pyridine rings is 1. The predicted molar refractivity (Wildman–Crippen MR) is 187 cm³/mol. The van der Waals surface area contributed by atoms with E-state index in [4.69, 9.17) is 27.1 Å². The number of aromatic nitrogens is 2. The lowest BCUT2D eigenvalue weighted by Gasteiger charge is -2.39. The summed E-state index contributed by atoms with van der Waals surface area (Å²) < 4.78 is 6.24. The van der Waals surface area contributed by atoms with E-state index < -0.39 is 5.91 Å². The van der Waals surface area contributed by atoms with Gasteiger partial charge in [0.1, 0.15) is 11.3 Å². The minimum atomic E-state index is -0.442. The van der Waals surface area contributed by atoms with Gasteiger partial charge in [-0.1, -0.05) is 43.2 Å². The van der Waals surface area contributed by atoms with Crippen molar-refractivity contribution < 1.29 is 9.53 Å². The summed E-state index contributed by atoms with van der Waals surface area (Å²) in [7, 11) is 0. The molecule has 1 fully saturated rings. The second-order valence-corrected chi connectivity index (χ2v) is 14.3. The Morgan fingerprint density at radius 3 is 2.59 bits per heavy atom. The van der Waals surface area contributed by atoms with Crippen LogP contribution in [-0.2, 0) is 0 Å². The number of ether oxygens (including phenoxy) is 1. The molecule has 3 aliphatic rings. The number of halogens is 1. The van der Waals surface area contributed by atoms with Crippen molar-refractivity contribution in [1.29, 1.82) is 0 Å². The van der Waals surface area contributed by atoms with Crippen LogP contribution in [-0.4, -0.2) is 66.1 Å². The molecule has 1 amide bonds. The molecule has 8 nitrogen and oxygen atoms in total. The number of fused-ring (bicyclic) bond motifs is 2. The highest BCUT2D eigenvalue weighted by Crippen LogP contribution is 2.44. The summed E-state index contributed by atoms with van der Waals surface area (Å²) in [5.74, 6) is 0.120. The normalized spacial score (nSPS) is 20.4. The van der Waals surface area contributed by atoms with Crippen LogP contribution >= 0.6 is 11.6 Å². The number of carbonyl (C=O) groups is 1. The molecule has 0 spiro atoms. The lowest BCUT2D eigenvalue weighted by molar-refractivity contribution is 0.100. The van der Waals surface area contributed by atoms with Gasteiger partial charge >= 0.3 is 0 Å². The van der Waals surface area contributed by atoms with Gasteiger partial charge in [0.15, 0.2) is 0 Å². The van der Waals surface area contributed by atoms with Crippen LogP contribution in [0.4, 0.5) is 17.1 Å². The molecular weight excluding hydrogens is 596 g/mol. The number of nitrogens with zero attached hydrogens (tertiary/aromatic N) is 4. The van der Waals surface area contributed by atoms with E-state index in [-0.39, 0.29) is 6.10 Å². The Kier molecular flexibility index (Phi) is 8.19. The molecule has 4 aromatic rings. The minimum absolute atomic E-state index is 0.0116. The zero-order chi connectivity index (χ0) is 32.0. The fourth-order valence-corrected chi connectivity index (χ4v) is 7.34. The summed E-state index contributed by atoms with van der Waals surface area (Å²) in [5.41, 5.74) is 14.6. The standard InChI is InChI=1S/C37H43ClN6O2/c1-24-12-15-44(33-20-26-11-14-40-35(26)41-36(33)46-24)32-21-29(8-9-30(32)34(39)45)43-18-16-42(17-19-43)23-27-10-13-37(2,3)22-31(27)25-4-6-28(38)7-5-25/h4-9,11,14,20-21,24H,10,12-13,15-19,22-23H2,1-3H3,(H2,39,45)(H,40,41)/t24-/m0/s1. The van der Waals surface area contributed by atoms with E-state index in [1.165, 1.54) is 17.6 Å². The number of nitrogens with one attached hydrogen (secondary N) is 1. The molecule has 9 heteroatoms. The van der Waals surface area contributed by atoms with E-state index in [1.54, 1.807) is 5.57 Å². The molecule has 4 heterocycles. The van der Waals surface area contributed by atoms with Crippen molar-refractivity contribution in [3.63, 3.8) is 0 Å². The summed E-state index contributed by atoms with van der Waals surface area (Å²) >= 11 is 6.23. The Hall–Kier alpha value is -4.01. The molecule has 0 unspecified atom stereocenters. The maximum absolute atomic E-state index is 12.7. The van der Waals surface area contributed by atoms with Crippen molar-refractivity contribution in [3.8, 4) is 5.88 Å². The number of hydrogen-bond donors (Lipinski definition) is 2. The fraction of sp³-hybridized carbons (Fsp3) is 0.405. The van der Waals surface area contributed by atoms with E-state index in [9.17, 15) is 4.79 Å². The molecule has 0 saturated carbocycles. The van der Waals surface area contributed by atoms with Crippen LogP contribution < -0.4 is 20.3 Å². The van der Waals surface area contributed by atoms with E-state index in [0.29, 0.717) is 23.4 Å². The summed E-state index contributed by atoms with van der Waals surface area (Å²) in [6.45, 7) is 12.3. The number of piperazine rings is 1. The number of benzene rings is 2. The molecule has 46 heavy (non-hydrogen) atoms. The minimum Gasteiger partial charge on any atom is -0.473 e. The lowest BCUT2D eigenvalue weighted by atomic mass is 9.72. The molecular formula is C37H43ClN6O2. The van der Waals surface area contributed by atoms with Crippen LogP contribution in [0.1, 0.15) is 62.4 Å². The maximum atomic E-state index is 12.7. The first-order valence-corrected chi connectivity index (χ1v) is 16.8. The first-order valence-electron chi connectivity index (χ1n) is 16.4. The number of aromatic amines is 1. The number of nitrogens with two attached hydrogens (primary N) is 1. The zero-order valence-corrected chi connectivity index (χ0v) is 27.7. The summed E-state index contributed by atoms with van der Waals surface area (Å²) in [5, 5.41) is 1.77. The monoisotopic (exact) mass is 638 g/mol. The highest BCUT2D eigenvalue weighted by Gasteiger charge is 2.30. The average Bonchev–Trinajstić information content (AvgIpc) is 3.43. The van der Waals surface area contributed by atoms with Gasteiger partial charge in [-0.25, -0.2) is 0 Å². The molecule has 2 aliphatic heterocycles. The van der Waals surface area contributed by atoms with E-state index in [0.717, 1.165) is 85.1 Å². The third-order valence-corrected chi connectivity index (χ3v) is 10.2. The summed E-state index contributed by atoms with van der Waals surface area (Å²) in [6.07, 6.45) is 6.09. The molecule has 0 bridgehead atoms. The van der Waals surface area contributed by atoms with Crippen LogP contribution in [0, 0.1) is 5.41 Å². The molecule has 0 radical (unpaired) electrons. The van der Waals surface area contributed by atoms with Crippen molar-refractivity contribution >= 4 is 51.2 Å². The highest BCUT2D eigenvalue weighted by atomic mass is 35.5. The molecule has 240 valence electrons. The fourth-order valence-electron chi connectivity index (χ4n) is 7.21. The number of primary amides is 1. The number of carbonyl (C=O) groups excluding carboxylic acids is 1. The van der Waals surface area contributed by atoms with E-state index >= 15 is 0 Å². The molecule has 3 N–H and O–H groups in total. The molecule has 2 aromatic carbocycles. The second-order valence-electron chi connectivity index (χ2n) is 13.9. The largest absolute Gasteiger partial charge is 0.473 e. The van der Waals surface area contributed by atoms with Crippen molar-refractivity contribution in [2.75, 3.05) is 49.1 Å². The van der Waals surface area contributed by atoms with E-state index in [2.05, 4.69) is 64.7 Å². The van der Waals surface area contributed by atoms with Crippen LogP contribution in [0.3, 0.4) is 0 Å². The Balaban J connectivity index is 1.13. The van der Waals surface area contributed by atoms with Gasteiger partial charge in [0.25, 0.3) is 5.91 Å².